The van der Waals surface area contributed by atoms with Crippen molar-refractivity contribution in [1.29, 1.82) is 0 Å². The molecule has 0 atom stereocenters. The van der Waals surface area contributed by atoms with Gasteiger partial charge in [0.25, 0.3) is 5.91 Å². The average Bonchev–Trinajstić information content (AvgIpc) is 2.81. The van der Waals surface area contributed by atoms with E-state index >= 15 is 0 Å². The van der Waals surface area contributed by atoms with Gasteiger partial charge in [-0.15, -0.1) is 0 Å². The molecule has 5 nitrogen and oxygen atoms in total. The predicted octanol–water partition coefficient (Wildman–Crippen LogP) is 6.33. The fourth-order valence-corrected chi connectivity index (χ4v) is 4.05. The lowest BCUT2D eigenvalue weighted by Crippen LogP contribution is -2.39. The number of benzene rings is 2. The maximum atomic E-state index is 12.8. The fraction of sp³-hybridized carbons (Fsp3) is 0.423. The van der Waals surface area contributed by atoms with Crippen molar-refractivity contribution < 1.29 is 14.4 Å². The van der Waals surface area contributed by atoms with Gasteiger partial charge in [0.1, 0.15) is 0 Å². The smallest absolute Gasteiger partial charge is 0.255 e. The molecule has 2 aromatic carbocycles. The summed E-state index contributed by atoms with van der Waals surface area (Å²) in [4.78, 5) is 36.5. The van der Waals surface area contributed by atoms with Gasteiger partial charge in [0, 0.05) is 28.8 Å². The van der Waals surface area contributed by atoms with Crippen LogP contribution in [0.4, 0.5) is 5.69 Å². The minimum atomic E-state index is -0.298. The van der Waals surface area contributed by atoms with E-state index in [1.54, 1.807) is 18.2 Å². The molecule has 1 aliphatic carbocycles. The van der Waals surface area contributed by atoms with E-state index in [2.05, 4.69) is 10.6 Å². The van der Waals surface area contributed by atoms with E-state index < -0.39 is 0 Å². The first kappa shape index (κ1) is 25.6. The molecule has 3 rings (SSSR count). The predicted molar refractivity (Wildman–Crippen MR) is 130 cm³/mol. The van der Waals surface area contributed by atoms with Crippen molar-refractivity contribution >= 4 is 35.4 Å². The highest BCUT2D eigenvalue weighted by Crippen LogP contribution is 2.35. The fourth-order valence-electron chi connectivity index (χ4n) is 3.89. The third-order valence-corrected chi connectivity index (χ3v) is 6.23. The SMILES string of the molecule is CC.Cc1ccc(CNC(=O)C2(C)CCCCC2)cc1C(=O)Nc1ccc(Cl)c(C=O)c1. The van der Waals surface area contributed by atoms with Gasteiger partial charge in [-0.3, -0.25) is 14.4 Å². The first-order valence-corrected chi connectivity index (χ1v) is 11.6. The highest BCUT2D eigenvalue weighted by Gasteiger charge is 2.34. The molecule has 32 heavy (non-hydrogen) atoms. The minimum absolute atomic E-state index is 0.0799. The van der Waals surface area contributed by atoms with Crippen LogP contribution in [0.2, 0.25) is 5.02 Å². The van der Waals surface area contributed by atoms with Crippen molar-refractivity contribution in [2.24, 2.45) is 5.41 Å². The number of carbonyl (C=O) groups is 3. The number of rotatable bonds is 6. The Balaban J connectivity index is 0.00000176. The van der Waals surface area contributed by atoms with Crippen LogP contribution in [0.15, 0.2) is 36.4 Å². The molecule has 0 spiro atoms. The van der Waals surface area contributed by atoms with Gasteiger partial charge in [0.15, 0.2) is 6.29 Å². The van der Waals surface area contributed by atoms with Crippen molar-refractivity contribution in [2.45, 2.75) is 66.3 Å². The Hall–Kier alpha value is -2.66. The number of halogens is 1. The van der Waals surface area contributed by atoms with E-state index in [1.807, 2.05) is 39.8 Å². The second-order valence-corrected chi connectivity index (χ2v) is 8.67. The van der Waals surface area contributed by atoms with Gasteiger partial charge in [-0.25, -0.2) is 0 Å². The summed E-state index contributed by atoms with van der Waals surface area (Å²) in [6, 6.07) is 10.4. The lowest BCUT2D eigenvalue weighted by molar-refractivity contribution is -0.132. The van der Waals surface area contributed by atoms with Gasteiger partial charge < -0.3 is 10.6 Å². The molecule has 2 N–H and O–H groups in total. The summed E-state index contributed by atoms with van der Waals surface area (Å²) in [5.74, 6) is -0.199. The van der Waals surface area contributed by atoms with Crippen molar-refractivity contribution in [3.05, 3.63) is 63.7 Å². The summed E-state index contributed by atoms with van der Waals surface area (Å²) in [5, 5.41) is 6.19. The highest BCUT2D eigenvalue weighted by atomic mass is 35.5. The molecular weight excluding hydrogens is 424 g/mol. The van der Waals surface area contributed by atoms with Crippen LogP contribution in [-0.2, 0) is 11.3 Å². The van der Waals surface area contributed by atoms with Gasteiger partial charge in [0.05, 0.1) is 5.02 Å². The van der Waals surface area contributed by atoms with E-state index in [9.17, 15) is 14.4 Å². The third-order valence-electron chi connectivity index (χ3n) is 5.89. The van der Waals surface area contributed by atoms with Gasteiger partial charge in [0.2, 0.25) is 5.91 Å². The Morgan fingerprint density at radius 2 is 1.75 bits per heavy atom. The van der Waals surface area contributed by atoms with Crippen molar-refractivity contribution in [2.75, 3.05) is 5.32 Å². The van der Waals surface area contributed by atoms with E-state index in [0.29, 0.717) is 34.7 Å². The number of aryl methyl sites for hydroxylation is 1. The second kappa shape index (κ2) is 11.8. The molecule has 0 radical (unpaired) electrons. The lowest BCUT2D eigenvalue weighted by atomic mass is 9.75. The van der Waals surface area contributed by atoms with Crippen LogP contribution in [-0.4, -0.2) is 18.1 Å². The van der Waals surface area contributed by atoms with Crippen molar-refractivity contribution in [3.8, 4) is 0 Å². The summed E-state index contributed by atoms with van der Waals surface area (Å²) in [7, 11) is 0. The molecular formula is C26H33ClN2O3. The van der Waals surface area contributed by atoms with E-state index in [0.717, 1.165) is 36.8 Å². The van der Waals surface area contributed by atoms with Crippen LogP contribution in [0.5, 0.6) is 0 Å². The van der Waals surface area contributed by atoms with E-state index in [1.165, 1.54) is 12.5 Å². The number of amides is 2. The number of hydrogen-bond donors (Lipinski definition) is 2. The third kappa shape index (κ3) is 6.42. The Morgan fingerprint density at radius 3 is 2.41 bits per heavy atom. The molecule has 2 aromatic rings. The standard InChI is InChI=1S/C24H27ClN2O3.C2H6/c1-16-6-7-17(14-26-23(30)24(2)10-4-3-5-11-24)12-20(16)22(29)27-19-8-9-21(25)18(13-19)15-28;1-2/h6-9,12-13,15H,3-5,10-11,14H2,1-2H3,(H,26,30)(H,27,29);1-2H3. The van der Waals surface area contributed by atoms with Crippen LogP contribution in [0.25, 0.3) is 0 Å². The van der Waals surface area contributed by atoms with E-state index in [4.69, 9.17) is 11.6 Å². The molecule has 2 amide bonds. The second-order valence-electron chi connectivity index (χ2n) is 8.26. The Kier molecular flexibility index (Phi) is 9.45. The molecule has 0 bridgehead atoms. The van der Waals surface area contributed by atoms with Crippen molar-refractivity contribution in [1.82, 2.24) is 5.32 Å². The molecule has 1 aliphatic rings. The van der Waals surface area contributed by atoms with Crippen LogP contribution in [0.1, 0.15) is 84.7 Å². The van der Waals surface area contributed by atoms with Crippen LogP contribution in [0, 0.1) is 12.3 Å². The normalized spacial score (nSPS) is 14.5. The Labute approximate surface area is 195 Å². The molecule has 1 saturated carbocycles. The van der Waals surface area contributed by atoms with Crippen LogP contribution >= 0.6 is 11.6 Å². The zero-order valence-electron chi connectivity index (χ0n) is 19.4. The number of nitrogens with one attached hydrogen (secondary N) is 2. The average molecular weight is 457 g/mol. The molecule has 0 saturated heterocycles. The number of aldehydes is 1. The molecule has 0 heterocycles. The topological polar surface area (TPSA) is 75.3 Å². The molecule has 0 aromatic heterocycles. The summed E-state index contributed by atoms with van der Waals surface area (Å²) < 4.78 is 0. The molecule has 1 fully saturated rings. The molecule has 0 aliphatic heterocycles. The van der Waals surface area contributed by atoms with Crippen molar-refractivity contribution in [3.63, 3.8) is 0 Å². The number of anilines is 1. The lowest BCUT2D eigenvalue weighted by Gasteiger charge is -2.32. The summed E-state index contributed by atoms with van der Waals surface area (Å²) in [6.07, 6.45) is 5.87. The first-order chi connectivity index (χ1) is 15.3. The quantitative estimate of drug-likeness (QED) is 0.499. The monoisotopic (exact) mass is 456 g/mol. The number of hydrogen-bond acceptors (Lipinski definition) is 3. The summed E-state index contributed by atoms with van der Waals surface area (Å²) in [6.45, 7) is 8.28. The maximum absolute atomic E-state index is 12.8. The summed E-state index contributed by atoms with van der Waals surface area (Å²) in [5.41, 5.74) is 2.73. The largest absolute Gasteiger partial charge is 0.352 e. The van der Waals surface area contributed by atoms with Gasteiger partial charge in [-0.1, -0.05) is 63.8 Å². The zero-order chi connectivity index (χ0) is 23.7. The van der Waals surface area contributed by atoms with E-state index in [-0.39, 0.29) is 17.2 Å². The minimum Gasteiger partial charge on any atom is -0.352 e. The first-order valence-electron chi connectivity index (χ1n) is 11.3. The summed E-state index contributed by atoms with van der Waals surface area (Å²) >= 11 is 5.94. The molecule has 0 unspecified atom stereocenters. The van der Waals surface area contributed by atoms with Gasteiger partial charge >= 0.3 is 0 Å². The maximum Gasteiger partial charge on any atom is 0.255 e. The van der Waals surface area contributed by atoms with Gasteiger partial charge in [-0.2, -0.15) is 0 Å². The number of carbonyl (C=O) groups excluding carboxylic acids is 3. The highest BCUT2D eigenvalue weighted by molar-refractivity contribution is 6.33. The van der Waals surface area contributed by atoms with Gasteiger partial charge in [-0.05, 0) is 55.2 Å². The van der Waals surface area contributed by atoms with Crippen LogP contribution in [0.3, 0.4) is 0 Å². The zero-order valence-corrected chi connectivity index (χ0v) is 20.1. The Morgan fingerprint density at radius 1 is 1.06 bits per heavy atom. The Bertz CT molecular complexity index is 966. The van der Waals surface area contributed by atoms with Crippen LogP contribution < -0.4 is 10.6 Å². The molecule has 172 valence electrons. The molecule has 6 heteroatoms.